The normalized spacial score (nSPS) is 11.7. The first-order valence-corrected chi connectivity index (χ1v) is 6.02. The van der Waals surface area contributed by atoms with E-state index in [9.17, 15) is 9.59 Å². The molecule has 1 aromatic rings. The number of ether oxygens (including phenoxy) is 2. The first-order valence-electron chi connectivity index (χ1n) is 5.23. The van der Waals surface area contributed by atoms with Crippen LogP contribution in [0.1, 0.15) is 6.42 Å². The van der Waals surface area contributed by atoms with Crippen LogP contribution in [-0.4, -0.2) is 32.2 Å². The molecule has 98 valence electrons. The van der Waals surface area contributed by atoms with E-state index in [2.05, 4.69) is 26.0 Å². The smallest absolute Gasteiger partial charge is 0.335 e. The summed E-state index contributed by atoms with van der Waals surface area (Å²) in [6.07, 6.45) is -0.968. The van der Waals surface area contributed by atoms with Gasteiger partial charge >= 0.3 is 5.97 Å². The summed E-state index contributed by atoms with van der Waals surface area (Å²) >= 11 is 3.30. The first-order chi connectivity index (χ1) is 8.56. The molecule has 1 amide bonds. The van der Waals surface area contributed by atoms with Crippen molar-refractivity contribution in [1.29, 1.82) is 0 Å². The second-order valence-corrected chi connectivity index (χ2v) is 4.42. The molecule has 1 aromatic carbocycles. The number of carbonyl (C=O) groups is 2. The maximum absolute atomic E-state index is 11.7. The van der Waals surface area contributed by atoms with Gasteiger partial charge in [-0.05, 0) is 24.3 Å². The lowest BCUT2D eigenvalue weighted by Gasteiger charge is -2.12. The van der Waals surface area contributed by atoms with Crippen LogP contribution in [0.2, 0.25) is 0 Å². The third-order valence-corrected chi connectivity index (χ3v) is 2.78. The number of rotatable bonds is 5. The summed E-state index contributed by atoms with van der Waals surface area (Å²) in [6.45, 7) is 0. The van der Waals surface area contributed by atoms with E-state index >= 15 is 0 Å². The molecule has 0 radical (unpaired) electrons. The van der Waals surface area contributed by atoms with Crippen LogP contribution in [0.3, 0.4) is 0 Å². The molecule has 5 nitrogen and oxygen atoms in total. The van der Waals surface area contributed by atoms with Gasteiger partial charge in [0.15, 0.2) is 6.10 Å². The van der Waals surface area contributed by atoms with Crippen molar-refractivity contribution in [2.75, 3.05) is 19.5 Å². The Kier molecular flexibility index (Phi) is 5.80. The third kappa shape index (κ3) is 4.46. The molecule has 0 aliphatic heterocycles. The van der Waals surface area contributed by atoms with Gasteiger partial charge in [-0.15, -0.1) is 0 Å². The van der Waals surface area contributed by atoms with Crippen molar-refractivity contribution < 1.29 is 19.1 Å². The maximum Gasteiger partial charge on any atom is 0.335 e. The number of benzene rings is 1. The Bertz CT molecular complexity index is 419. The van der Waals surface area contributed by atoms with Crippen molar-refractivity contribution in [1.82, 2.24) is 0 Å². The van der Waals surface area contributed by atoms with Gasteiger partial charge in [0.05, 0.1) is 13.5 Å². The van der Waals surface area contributed by atoms with Crippen molar-refractivity contribution >= 4 is 33.5 Å². The van der Waals surface area contributed by atoms with Crippen LogP contribution >= 0.6 is 15.9 Å². The Balaban J connectivity index is 2.55. The van der Waals surface area contributed by atoms with E-state index in [0.717, 1.165) is 4.47 Å². The van der Waals surface area contributed by atoms with Gasteiger partial charge in [0.1, 0.15) is 0 Å². The van der Waals surface area contributed by atoms with Crippen molar-refractivity contribution in [3.63, 3.8) is 0 Å². The van der Waals surface area contributed by atoms with E-state index in [4.69, 9.17) is 4.74 Å². The first kappa shape index (κ1) is 14.7. The summed E-state index contributed by atoms with van der Waals surface area (Å²) in [6, 6.07) is 7.12. The van der Waals surface area contributed by atoms with E-state index < -0.39 is 12.1 Å². The highest BCUT2D eigenvalue weighted by Crippen LogP contribution is 2.14. The molecule has 0 aliphatic rings. The van der Waals surface area contributed by atoms with Gasteiger partial charge in [0.2, 0.25) is 5.91 Å². The van der Waals surface area contributed by atoms with E-state index in [0.29, 0.717) is 5.69 Å². The van der Waals surface area contributed by atoms with Crippen molar-refractivity contribution in [2.45, 2.75) is 12.5 Å². The monoisotopic (exact) mass is 315 g/mol. The second-order valence-electron chi connectivity index (χ2n) is 3.51. The van der Waals surface area contributed by atoms with Gasteiger partial charge in [-0.2, -0.15) is 0 Å². The molecular formula is C12H14BrNO4. The van der Waals surface area contributed by atoms with Gasteiger partial charge < -0.3 is 14.8 Å². The molecule has 0 aliphatic carbocycles. The summed E-state index contributed by atoms with van der Waals surface area (Å²) in [4.78, 5) is 22.9. The fourth-order valence-corrected chi connectivity index (χ4v) is 1.57. The summed E-state index contributed by atoms with van der Waals surface area (Å²) in [5.41, 5.74) is 0.655. The Hall–Kier alpha value is -1.40. The van der Waals surface area contributed by atoms with Crippen LogP contribution in [0.4, 0.5) is 5.69 Å². The van der Waals surface area contributed by atoms with Gasteiger partial charge in [0.25, 0.3) is 0 Å². The molecule has 1 unspecified atom stereocenters. The highest BCUT2D eigenvalue weighted by atomic mass is 79.9. The Labute approximate surface area is 114 Å². The largest absolute Gasteiger partial charge is 0.467 e. The zero-order chi connectivity index (χ0) is 13.5. The minimum atomic E-state index is -0.884. The molecule has 0 bridgehead atoms. The molecule has 0 saturated heterocycles. The van der Waals surface area contributed by atoms with E-state index in [-0.39, 0.29) is 12.3 Å². The molecule has 0 aromatic heterocycles. The molecule has 1 rings (SSSR count). The van der Waals surface area contributed by atoms with Crippen molar-refractivity contribution in [2.24, 2.45) is 0 Å². The molecule has 1 atom stereocenters. The molecule has 0 spiro atoms. The van der Waals surface area contributed by atoms with Crippen molar-refractivity contribution in [3.8, 4) is 0 Å². The number of anilines is 1. The zero-order valence-electron chi connectivity index (χ0n) is 10.1. The minimum Gasteiger partial charge on any atom is -0.467 e. The number of halogens is 1. The predicted octanol–water partition coefficient (Wildman–Crippen LogP) is 1.97. The molecule has 0 heterocycles. The summed E-state index contributed by atoms with van der Waals surface area (Å²) in [7, 11) is 2.61. The van der Waals surface area contributed by atoms with Crippen LogP contribution in [0, 0.1) is 0 Å². The van der Waals surface area contributed by atoms with Crippen LogP contribution in [0.5, 0.6) is 0 Å². The standard InChI is InChI=1S/C12H14BrNO4/c1-17-10(12(16)18-2)7-11(15)14-9-5-3-8(13)4-6-9/h3-6,10H,7H2,1-2H3,(H,14,15). The highest BCUT2D eigenvalue weighted by Gasteiger charge is 2.21. The average Bonchev–Trinajstić information content (AvgIpc) is 2.37. The summed E-state index contributed by atoms with van der Waals surface area (Å²) < 4.78 is 10.3. The van der Waals surface area contributed by atoms with Crippen LogP contribution in [0.25, 0.3) is 0 Å². The average molecular weight is 316 g/mol. The summed E-state index contributed by atoms with van der Waals surface area (Å²) in [5, 5.41) is 2.67. The Morgan fingerprint density at radius 1 is 1.28 bits per heavy atom. The van der Waals surface area contributed by atoms with E-state index in [1.807, 2.05) is 12.1 Å². The predicted molar refractivity (Wildman–Crippen MR) is 70.2 cm³/mol. The lowest BCUT2D eigenvalue weighted by atomic mass is 10.2. The van der Waals surface area contributed by atoms with Gasteiger partial charge in [-0.1, -0.05) is 15.9 Å². The molecule has 0 saturated carbocycles. The Morgan fingerprint density at radius 3 is 2.39 bits per heavy atom. The molecule has 18 heavy (non-hydrogen) atoms. The van der Waals surface area contributed by atoms with Crippen LogP contribution in [-0.2, 0) is 19.1 Å². The van der Waals surface area contributed by atoms with E-state index in [1.54, 1.807) is 12.1 Å². The number of hydrogen-bond donors (Lipinski definition) is 1. The fraction of sp³-hybridized carbons (Fsp3) is 0.333. The molecular weight excluding hydrogens is 302 g/mol. The number of carbonyl (C=O) groups excluding carboxylic acids is 2. The lowest BCUT2D eigenvalue weighted by Crippen LogP contribution is -2.29. The Morgan fingerprint density at radius 2 is 1.89 bits per heavy atom. The van der Waals surface area contributed by atoms with Crippen LogP contribution in [0.15, 0.2) is 28.7 Å². The quantitative estimate of drug-likeness (QED) is 0.844. The maximum atomic E-state index is 11.7. The minimum absolute atomic E-state index is 0.0841. The van der Waals surface area contributed by atoms with Gasteiger partial charge in [0, 0.05) is 17.3 Å². The number of hydrogen-bond acceptors (Lipinski definition) is 4. The van der Waals surface area contributed by atoms with Gasteiger partial charge in [-0.3, -0.25) is 4.79 Å². The van der Waals surface area contributed by atoms with E-state index in [1.165, 1.54) is 14.2 Å². The third-order valence-electron chi connectivity index (χ3n) is 2.25. The second kappa shape index (κ2) is 7.13. The topological polar surface area (TPSA) is 64.6 Å². The SMILES string of the molecule is COC(=O)C(CC(=O)Nc1ccc(Br)cc1)OC. The summed E-state index contributed by atoms with van der Waals surface area (Å²) in [5.74, 6) is -0.877. The van der Waals surface area contributed by atoms with Gasteiger partial charge in [-0.25, -0.2) is 4.79 Å². The highest BCUT2D eigenvalue weighted by molar-refractivity contribution is 9.10. The molecule has 1 N–H and O–H groups in total. The molecule has 0 fully saturated rings. The van der Waals surface area contributed by atoms with Crippen LogP contribution < -0.4 is 5.32 Å². The lowest BCUT2D eigenvalue weighted by molar-refractivity contribution is -0.154. The van der Waals surface area contributed by atoms with Crippen molar-refractivity contribution in [3.05, 3.63) is 28.7 Å². The number of nitrogens with one attached hydrogen (secondary N) is 1. The number of amides is 1. The number of methoxy groups -OCH3 is 2. The zero-order valence-corrected chi connectivity index (χ0v) is 11.7. The molecule has 6 heteroatoms. The fourth-order valence-electron chi connectivity index (χ4n) is 1.31. The number of esters is 1.